The molecule has 33 heavy (non-hydrogen) atoms. The summed E-state index contributed by atoms with van der Waals surface area (Å²) in [5, 5.41) is 3.86. The Hall–Kier alpha value is -3.79. The minimum absolute atomic E-state index is 0.0404. The third-order valence-electron chi connectivity index (χ3n) is 5.17. The van der Waals surface area contributed by atoms with E-state index in [4.69, 9.17) is 9.26 Å². The van der Waals surface area contributed by atoms with E-state index < -0.39 is 16.2 Å². The standard InChI is InChI=1S/C23H22N4O5S/c1-15-9-10-19(11-16(15)2)22-24-21(25-32-22)14-31-23(28)20-13-27(33(29,30)26-17(20)3)12-18-7-5-4-6-8-18/h4-11,13H,12,14H2,1-3H3. The van der Waals surface area contributed by atoms with Crippen LogP contribution in [0, 0.1) is 13.8 Å². The molecule has 2 heterocycles. The number of carbonyl (C=O) groups excluding carboxylic acids is 1. The van der Waals surface area contributed by atoms with Gasteiger partial charge in [0.25, 0.3) is 5.89 Å². The number of rotatable bonds is 6. The van der Waals surface area contributed by atoms with Crippen molar-refractivity contribution in [3.05, 3.63) is 82.8 Å². The number of ether oxygens (including phenoxy) is 1. The second kappa shape index (κ2) is 8.99. The summed E-state index contributed by atoms with van der Waals surface area (Å²) in [5.74, 6) is -0.225. The van der Waals surface area contributed by atoms with Crippen molar-refractivity contribution in [1.29, 1.82) is 0 Å². The first-order valence-corrected chi connectivity index (χ1v) is 11.5. The van der Waals surface area contributed by atoms with Crippen LogP contribution in [-0.4, -0.2) is 34.5 Å². The van der Waals surface area contributed by atoms with Crippen LogP contribution in [0.15, 0.2) is 69.2 Å². The molecule has 170 valence electrons. The smallest absolute Gasteiger partial charge is 0.344 e. The number of aromatic nitrogens is 2. The molecule has 0 aliphatic carbocycles. The van der Waals surface area contributed by atoms with E-state index in [1.54, 1.807) is 24.3 Å². The first-order chi connectivity index (χ1) is 15.7. The maximum atomic E-state index is 12.7. The third-order valence-corrected chi connectivity index (χ3v) is 6.50. The number of hydrogen-bond donors (Lipinski definition) is 0. The molecule has 1 aromatic heterocycles. The van der Waals surface area contributed by atoms with Crippen molar-refractivity contribution in [3.8, 4) is 11.5 Å². The van der Waals surface area contributed by atoms with E-state index in [9.17, 15) is 13.2 Å². The molecule has 0 N–H and O–H groups in total. The lowest BCUT2D eigenvalue weighted by Gasteiger charge is -2.23. The first-order valence-electron chi connectivity index (χ1n) is 10.1. The van der Waals surface area contributed by atoms with Gasteiger partial charge in [0.05, 0.1) is 17.8 Å². The normalized spacial score (nSPS) is 15.1. The van der Waals surface area contributed by atoms with Crippen LogP contribution >= 0.6 is 0 Å². The number of aryl methyl sites for hydroxylation is 2. The number of esters is 1. The highest BCUT2D eigenvalue weighted by atomic mass is 32.2. The molecule has 9 nitrogen and oxygen atoms in total. The Morgan fingerprint density at radius 2 is 1.82 bits per heavy atom. The van der Waals surface area contributed by atoms with Gasteiger partial charge in [-0.2, -0.15) is 13.4 Å². The van der Waals surface area contributed by atoms with Gasteiger partial charge >= 0.3 is 16.2 Å². The van der Waals surface area contributed by atoms with Gasteiger partial charge in [0, 0.05) is 11.8 Å². The molecule has 1 aliphatic rings. The Balaban J connectivity index is 1.47. The highest BCUT2D eigenvalue weighted by Gasteiger charge is 2.29. The van der Waals surface area contributed by atoms with E-state index in [1.165, 1.54) is 13.1 Å². The van der Waals surface area contributed by atoms with Gasteiger partial charge in [-0.25, -0.2) is 4.79 Å². The first kappa shape index (κ1) is 22.4. The lowest BCUT2D eigenvalue weighted by Crippen LogP contribution is -2.31. The molecule has 4 rings (SSSR count). The van der Waals surface area contributed by atoms with Crippen molar-refractivity contribution >= 4 is 21.9 Å². The Kier molecular flexibility index (Phi) is 6.10. The number of carbonyl (C=O) groups is 1. The Bertz CT molecular complexity index is 1360. The van der Waals surface area contributed by atoms with Crippen molar-refractivity contribution in [2.75, 3.05) is 0 Å². The number of hydrogen-bond acceptors (Lipinski definition) is 7. The molecule has 0 amide bonds. The fraction of sp³-hybridized carbons (Fsp3) is 0.217. The molecule has 2 aromatic carbocycles. The summed E-state index contributed by atoms with van der Waals surface area (Å²) in [6.07, 6.45) is 1.24. The van der Waals surface area contributed by atoms with Gasteiger partial charge in [-0.05, 0) is 49.6 Å². The van der Waals surface area contributed by atoms with Gasteiger partial charge in [-0.15, -0.1) is 4.40 Å². The van der Waals surface area contributed by atoms with Crippen molar-refractivity contribution in [2.45, 2.75) is 33.9 Å². The van der Waals surface area contributed by atoms with Gasteiger partial charge in [-0.3, -0.25) is 4.31 Å². The summed E-state index contributed by atoms with van der Waals surface area (Å²) in [7, 11) is -3.94. The predicted molar refractivity (Wildman–Crippen MR) is 121 cm³/mol. The van der Waals surface area contributed by atoms with Gasteiger partial charge in [0.1, 0.15) is 0 Å². The van der Waals surface area contributed by atoms with E-state index in [2.05, 4.69) is 14.5 Å². The topological polar surface area (TPSA) is 115 Å². The van der Waals surface area contributed by atoms with Crippen molar-refractivity contribution < 1.29 is 22.5 Å². The molecule has 0 radical (unpaired) electrons. The average molecular weight is 467 g/mol. The van der Waals surface area contributed by atoms with E-state index >= 15 is 0 Å². The zero-order valence-electron chi connectivity index (χ0n) is 18.3. The minimum atomic E-state index is -3.94. The molecule has 10 heteroatoms. The fourth-order valence-electron chi connectivity index (χ4n) is 3.18. The summed E-state index contributed by atoms with van der Waals surface area (Å²) < 4.78 is 40.2. The van der Waals surface area contributed by atoms with Gasteiger partial charge < -0.3 is 9.26 Å². The zero-order chi connectivity index (χ0) is 23.6. The highest BCUT2D eigenvalue weighted by Crippen LogP contribution is 2.22. The molecule has 1 aliphatic heterocycles. The SMILES string of the molecule is CC1=NS(=O)(=O)N(Cc2ccccc2)C=C1C(=O)OCc1noc(-c2ccc(C)c(C)c2)n1. The molecule has 0 fully saturated rings. The highest BCUT2D eigenvalue weighted by molar-refractivity contribution is 7.88. The quantitative estimate of drug-likeness (QED) is 0.511. The van der Waals surface area contributed by atoms with Crippen molar-refractivity contribution in [3.63, 3.8) is 0 Å². The molecule has 0 spiro atoms. The Labute approximate surface area is 191 Å². The maximum Gasteiger partial charge on any atom is 0.344 e. The van der Waals surface area contributed by atoms with Crippen LogP contribution in [0.25, 0.3) is 11.5 Å². The summed E-state index contributed by atoms with van der Waals surface area (Å²) in [5.41, 5.74) is 3.85. The van der Waals surface area contributed by atoms with E-state index in [0.29, 0.717) is 5.89 Å². The van der Waals surface area contributed by atoms with E-state index in [1.807, 2.05) is 38.1 Å². The zero-order valence-corrected chi connectivity index (χ0v) is 19.2. The molecule has 0 bridgehead atoms. The summed E-state index contributed by atoms with van der Waals surface area (Å²) in [6.45, 7) is 5.25. The van der Waals surface area contributed by atoms with Crippen LogP contribution in [-0.2, 0) is 32.9 Å². The van der Waals surface area contributed by atoms with Crippen molar-refractivity contribution in [2.24, 2.45) is 4.40 Å². The van der Waals surface area contributed by atoms with Crippen LogP contribution in [0.1, 0.15) is 29.4 Å². The summed E-state index contributed by atoms with van der Waals surface area (Å²) in [4.78, 5) is 16.9. The van der Waals surface area contributed by atoms with Crippen LogP contribution < -0.4 is 0 Å². The molecular formula is C23H22N4O5S. The van der Waals surface area contributed by atoms with Crippen LogP contribution in [0.5, 0.6) is 0 Å². The molecule has 0 saturated heterocycles. The van der Waals surface area contributed by atoms with Crippen LogP contribution in [0.3, 0.4) is 0 Å². The van der Waals surface area contributed by atoms with Gasteiger partial charge in [0.2, 0.25) is 5.82 Å². The fourth-order valence-corrected chi connectivity index (χ4v) is 4.28. The lowest BCUT2D eigenvalue weighted by molar-refractivity contribution is -0.140. The minimum Gasteiger partial charge on any atom is -0.454 e. The molecule has 3 aromatic rings. The molecule has 0 unspecified atom stereocenters. The summed E-state index contributed by atoms with van der Waals surface area (Å²) >= 11 is 0. The molecular weight excluding hydrogens is 444 g/mol. The van der Waals surface area contributed by atoms with E-state index in [0.717, 1.165) is 26.6 Å². The average Bonchev–Trinajstić information content (AvgIpc) is 3.25. The third kappa shape index (κ3) is 5.01. The molecule has 0 atom stereocenters. The predicted octanol–water partition coefficient (Wildman–Crippen LogP) is 3.50. The Morgan fingerprint density at radius 1 is 1.06 bits per heavy atom. The second-order valence-corrected chi connectivity index (χ2v) is 9.17. The number of benzene rings is 2. The second-order valence-electron chi connectivity index (χ2n) is 7.62. The van der Waals surface area contributed by atoms with E-state index in [-0.39, 0.29) is 30.3 Å². The largest absolute Gasteiger partial charge is 0.454 e. The van der Waals surface area contributed by atoms with Gasteiger partial charge in [-0.1, -0.05) is 41.6 Å². The molecule has 0 saturated carbocycles. The Morgan fingerprint density at radius 3 is 2.55 bits per heavy atom. The van der Waals surface area contributed by atoms with Crippen molar-refractivity contribution in [1.82, 2.24) is 14.4 Å². The summed E-state index contributed by atoms with van der Waals surface area (Å²) in [6, 6.07) is 14.8. The van der Waals surface area contributed by atoms with Crippen LogP contribution in [0.2, 0.25) is 0 Å². The maximum absolute atomic E-state index is 12.7. The van der Waals surface area contributed by atoms with Crippen LogP contribution in [0.4, 0.5) is 0 Å². The lowest BCUT2D eigenvalue weighted by atomic mass is 10.1. The monoisotopic (exact) mass is 466 g/mol. The number of nitrogens with zero attached hydrogens (tertiary/aromatic N) is 4. The van der Waals surface area contributed by atoms with Gasteiger partial charge in [0.15, 0.2) is 6.61 Å².